The van der Waals surface area contributed by atoms with Gasteiger partial charge in [-0.05, 0) is 55.4 Å². The summed E-state index contributed by atoms with van der Waals surface area (Å²) in [5.74, 6) is -0.342. The molecule has 4 atom stereocenters. The zero-order valence-corrected chi connectivity index (χ0v) is 24.7. The molecule has 1 N–H and O–H groups in total. The first-order valence-corrected chi connectivity index (χ1v) is 17.4. The SMILES string of the molecule is COc1ccc(COC(=O)C2=C3CC(C)(O[Si](C)(C)C)C3SC3[C@H](NC(=O)Cc4ccccc4)C(=O)N23)cc1. The van der Waals surface area contributed by atoms with Crippen molar-refractivity contribution < 1.29 is 28.3 Å². The van der Waals surface area contributed by atoms with Crippen LogP contribution in [0.3, 0.4) is 0 Å². The highest BCUT2D eigenvalue weighted by Gasteiger charge is 2.63. The van der Waals surface area contributed by atoms with E-state index in [1.807, 2.05) is 42.5 Å². The molecule has 206 valence electrons. The Morgan fingerprint density at radius 3 is 2.41 bits per heavy atom. The van der Waals surface area contributed by atoms with E-state index in [0.717, 1.165) is 16.7 Å². The number of hydrogen-bond acceptors (Lipinski definition) is 7. The smallest absolute Gasteiger partial charge is 0.355 e. The summed E-state index contributed by atoms with van der Waals surface area (Å²) < 4.78 is 17.5. The molecule has 2 aliphatic heterocycles. The maximum Gasteiger partial charge on any atom is 0.355 e. The number of nitrogens with one attached hydrogen (secondary N) is 1. The number of hydrogen-bond donors (Lipinski definition) is 1. The molecule has 8 nitrogen and oxygen atoms in total. The maximum atomic E-state index is 13.5. The minimum Gasteiger partial charge on any atom is -0.497 e. The van der Waals surface area contributed by atoms with Crippen molar-refractivity contribution in [3.63, 3.8) is 0 Å². The molecule has 2 heterocycles. The average Bonchev–Trinajstić information content (AvgIpc) is 2.89. The van der Waals surface area contributed by atoms with Crippen molar-refractivity contribution in [1.82, 2.24) is 10.2 Å². The largest absolute Gasteiger partial charge is 0.497 e. The van der Waals surface area contributed by atoms with Gasteiger partial charge in [-0.1, -0.05) is 42.5 Å². The number of rotatable bonds is 9. The minimum atomic E-state index is -1.89. The topological polar surface area (TPSA) is 94.2 Å². The summed E-state index contributed by atoms with van der Waals surface area (Å²) in [4.78, 5) is 41.1. The maximum absolute atomic E-state index is 13.5. The Labute approximate surface area is 234 Å². The van der Waals surface area contributed by atoms with E-state index in [1.54, 1.807) is 31.0 Å². The van der Waals surface area contributed by atoms with Gasteiger partial charge in [0.25, 0.3) is 5.91 Å². The summed E-state index contributed by atoms with van der Waals surface area (Å²) in [7, 11) is -0.295. The summed E-state index contributed by atoms with van der Waals surface area (Å²) in [5, 5.41) is 2.40. The third-order valence-electron chi connectivity index (χ3n) is 7.06. The molecular weight excluding hydrogens is 532 g/mol. The molecule has 0 bridgehead atoms. The van der Waals surface area contributed by atoms with E-state index in [2.05, 4.69) is 31.9 Å². The highest BCUT2D eigenvalue weighted by atomic mass is 32.2. The van der Waals surface area contributed by atoms with Crippen LogP contribution in [0.25, 0.3) is 0 Å². The summed E-state index contributed by atoms with van der Waals surface area (Å²) >= 11 is 1.59. The Balaban J connectivity index is 1.35. The van der Waals surface area contributed by atoms with Crippen molar-refractivity contribution >= 4 is 37.9 Å². The van der Waals surface area contributed by atoms with Crippen molar-refractivity contribution in [2.75, 3.05) is 7.11 Å². The van der Waals surface area contributed by atoms with E-state index in [9.17, 15) is 14.4 Å². The standard InChI is InChI=1S/C29H34N2O6SSi/c1-29(37-39(3,4)5)16-21-24(28(34)36-17-19-11-13-20(35-2)14-12-19)31-26(33)23(27(31)38-25(21)29)30-22(32)15-18-9-7-6-8-10-18/h6-14,23,25,27H,15-17H2,1-5H3,(H,30,32)/t23-,25?,27?,29?/m1/s1. The normalized spacial score (nSPS) is 25.6. The van der Waals surface area contributed by atoms with Gasteiger partial charge in [0.15, 0.2) is 8.32 Å². The molecule has 10 heteroatoms. The van der Waals surface area contributed by atoms with Crippen LogP contribution in [0.2, 0.25) is 19.6 Å². The lowest BCUT2D eigenvalue weighted by atomic mass is 9.74. The molecule has 5 rings (SSSR count). The number of nitrogens with zero attached hydrogens (tertiary/aromatic N) is 1. The van der Waals surface area contributed by atoms with E-state index in [-0.39, 0.29) is 30.1 Å². The number of amides is 2. The van der Waals surface area contributed by atoms with Gasteiger partial charge in [-0.3, -0.25) is 14.5 Å². The number of esters is 1. The van der Waals surface area contributed by atoms with Crippen molar-refractivity contribution in [3.8, 4) is 5.75 Å². The third-order valence-corrected chi connectivity index (χ3v) is 9.96. The predicted octanol–water partition coefficient (Wildman–Crippen LogP) is 4.02. The van der Waals surface area contributed by atoms with Gasteiger partial charge in [0.05, 0.1) is 24.4 Å². The van der Waals surface area contributed by atoms with Crippen LogP contribution in [0, 0.1) is 0 Å². The minimum absolute atomic E-state index is 0.0734. The molecular formula is C29H34N2O6SSi. The van der Waals surface area contributed by atoms with Gasteiger partial charge in [0.2, 0.25) is 5.91 Å². The molecule has 1 saturated carbocycles. The van der Waals surface area contributed by atoms with Crippen LogP contribution in [-0.2, 0) is 36.6 Å². The number of carbonyl (C=O) groups excluding carboxylic acids is 3. The van der Waals surface area contributed by atoms with Crippen molar-refractivity contribution in [3.05, 3.63) is 77.0 Å². The second-order valence-electron chi connectivity index (χ2n) is 11.3. The number of methoxy groups -OCH3 is 1. The second-order valence-corrected chi connectivity index (χ2v) is 17.0. The number of carbonyl (C=O) groups is 3. The molecule has 3 aliphatic rings. The molecule has 2 aromatic carbocycles. The molecule has 0 spiro atoms. The van der Waals surface area contributed by atoms with Crippen LogP contribution >= 0.6 is 11.8 Å². The fourth-order valence-electron chi connectivity index (χ4n) is 5.47. The first-order valence-electron chi connectivity index (χ1n) is 13.0. The Bertz CT molecular complexity index is 1310. The molecule has 2 fully saturated rings. The summed E-state index contributed by atoms with van der Waals surface area (Å²) in [6, 6.07) is 16.0. The zero-order valence-electron chi connectivity index (χ0n) is 22.9. The number of fused-ring (bicyclic) bond motifs is 2. The van der Waals surface area contributed by atoms with Crippen LogP contribution in [0.1, 0.15) is 24.5 Å². The lowest BCUT2D eigenvalue weighted by Gasteiger charge is -2.60. The van der Waals surface area contributed by atoms with Crippen LogP contribution in [0.4, 0.5) is 0 Å². The quantitative estimate of drug-likeness (QED) is 0.278. The van der Waals surface area contributed by atoms with Gasteiger partial charge in [-0.15, -0.1) is 11.8 Å². The zero-order chi connectivity index (χ0) is 27.9. The number of benzene rings is 2. The van der Waals surface area contributed by atoms with Gasteiger partial charge >= 0.3 is 5.97 Å². The highest BCUT2D eigenvalue weighted by molar-refractivity contribution is 8.01. The molecule has 1 saturated heterocycles. The van der Waals surface area contributed by atoms with Crippen molar-refractivity contribution in [2.45, 2.75) is 68.3 Å². The molecule has 2 aromatic rings. The van der Waals surface area contributed by atoms with Gasteiger partial charge in [-0.25, -0.2) is 4.79 Å². The van der Waals surface area contributed by atoms with Gasteiger partial charge < -0.3 is 19.2 Å². The molecule has 3 unspecified atom stereocenters. The Hall–Kier alpha value is -3.08. The van der Waals surface area contributed by atoms with Gasteiger partial charge in [0.1, 0.15) is 29.5 Å². The Morgan fingerprint density at radius 1 is 1.08 bits per heavy atom. The summed E-state index contributed by atoms with van der Waals surface area (Å²) in [6.07, 6.45) is 0.739. The van der Waals surface area contributed by atoms with E-state index in [1.165, 1.54) is 4.90 Å². The fourth-order valence-corrected chi connectivity index (χ4v) is 8.87. The van der Waals surface area contributed by atoms with E-state index in [4.69, 9.17) is 13.9 Å². The second kappa shape index (κ2) is 10.5. The predicted molar refractivity (Wildman–Crippen MR) is 151 cm³/mol. The molecule has 1 aliphatic carbocycles. The Kier molecular flexibility index (Phi) is 7.38. The third kappa shape index (κ3) is 5.50. The molecule has 2 amide bonds. The molecule has 39 heavy (non-hydrogen) atoms. The van der Waals surface area contributed by atoms with Crippen LogP contribution in [0.5, 0.6) is 5.75 Å². The average molecular weight is 567 g/mol. The monoisotopic (exact) mass is 566 g/mol. The van der Waals surface area contributed by atoms with Gasteiger partial charge in [-0.2, -0.15) is 0 Å². The summed E-state index contributed by atoms with van der Waals surface area (Å²) in [5.41, 5.74) is 2.41. The van der Waals surface area contributed by atoms with E-state index < -0.39 is 31.3 Å². The first-order chi connectivity index (χ1) is 18.5. The number of ether oxygens (including phenoxy) is 2. The van der Waals surface area contributed by atoms with Crippen molar-refractivity contribution in [1.29, 1.82) is 0 Å². The molecule has 0 aromatic heterocycles. The first kappa shape index (κ1) is 27.5. The fraction of sp³-hybridized carbons (Fsp3) is 0.414. The van der Waals surface area contributed by atoms with Crippen molar-refractivity contribution in [2.24, 2.45) is 0 Å². The number of β-lactam (4-membered cyclic amide) rings is 1. The number of thioether (sulfide) groups is 1. The Morgan fingerprint density at radius 2 is 1.77 bits per heavy atom. The van der Waals surface area contributed by atoms with E-state index >= 15 is 0 Å². The van der Waals surface area contributed by atoms with Crippen LogP contribution in [0.15, 0.2) is 65.9 Å². The van der Waals surface area contributed by atoms with Gasteiger partial charge in [0, 0.05) is 6.42 Å². The lowest BCUT2D eigenvalue weighted by molar-refractivity contribution is -0.154. The lowest BCUT2D eigenvalue weighted by Crippen LogP contribution is -2.74. The van der Waals surface area contributed by atoms with E-state index in [0.29, 0.717) is 17.9 Å². The summed E-state index contributed by atoms with van der Waals surface area (Å²) in [6.45, 7) is 8.58. The molecule has 0 radical (unpaired) electrons. The highest BCUT2D eigenvalue weighted by Crippen LogP contribution is 2.58. The van der Waals surface area contributed by atoms with Crippen LogP contribution in [-0.4, -0.2) is 60.4 Å². The van der Waals surface area contributed by atoms with Crippen LogP contribution < -0.4 is 10.1 Å².